The van der Waals surface area contributed by atoms with Crippen LogP contribution in [-0.2, 0) is 19.1 Å². The Kier molecular flexibility index (Phi) is 3.97. The lowest BCUT2D eigenvalue weighted by atomic mass is 9.57. The molecule has 130 valence electrons. The van der Waals surface area contributed by atoms with Crippen molar-refractivity contribution in [3.63, 3.8) is 0 Å². The fourth-order valence-electron chi connectivity index (χ4n) is 4.52. The monoisotopic (exact) mass is 330 g/mol. The minimum absolute atomic E-state index is 0.00518. The predicted octanol–water partition coefficient (Wildman–Crippen LogP) is 3.73. The van der Waals surface area contributed by atoms with E-state index in [9.17, 15) is 9.59 Å². The van der Waals surface area contributed by atoms with E-state index < -0.39 is 17.5 Å². The van der Waals surface area contributed by atoms with Gasteiger partial charge in [0.05, 0.1) is 0 Å². The summed E-state index contributed by atoms with van der Waals surface area (Å²) in [7, 11) is 0. The largest absolute Gasteiger partial charge is 0.458 e. The lowest BCUT2D eigenvalue weighted by Gasteiger charge is -2.48. The molecule has 4 heteroatoms. The minimum atomic E-state index is -1.20. The Morgan fingerprint density at radius 3 is 2.79 bits per heavy atom. The van der Waals surface area contributed by atoms with Crippen LogP contribution in [0.3, 0.4) is 0 Å². The molecule has 3 rings (SSSR count). The summed E-state index contributed by atoms with van der Waals surface area (Å²) in [5.74, 6) is -0.817. The smallest absolute Gasteiger partial charge is 0.351 e. The third-order valence-electron chi connectivity index (χ3n) is 6.17. The lowest BCUT2D eigenvalue weighted by molar-refractivity contribution is -0.170. The summed E-state index contributed by atoms with van der Waals surface area (Å²) in [6.07, 6.45) is 9.63. The van der Waals surface area contributed by atoms with E-state index >= 15 is 0 Å². The van der Waals surface area contributed by atoms with Crippen LogP contribution in [0.1, 0.15) is 47.5 Å². The molecule has 0 radical (unpaired) electrons. The number of allylic oxidation sites excluding steroid dienone is 4. The number of carbonyl (C=O) groups excluding carboxylic acids is 2. The summed E-state index contributed by atoms with van der Waals surface area (Å²) in [6, 6.07) is 0. The topological polar surface area (TPSA) is 52.6 Å². The van der Waals surface area contributed by atoms with Gasteiger partial charge < -0.3 is 9.47 Å². The van der Waals surface area contributed by atoms with Gasteiger partial charge in [0.15, 0.2) is 0 Å². The van der Waals surface area contributed by atoms with Gasteiger partial charge >= 0.3 is 11.9 Å². The Morgan fingerprint density at radius 2 is 2.12 bits per heavy atom. The summed E-state index contributed by atoms with van der Waals surface area (Å²) < 4.78 is 11.5. The van der Waals surface area contributed by atoms with Crippen molar-refractivity contribution in [1.82, 2.24) is 0 Å². The number of esters is 2. The number of hydrogen-bond donors (Lipinski definition) is 0. The molecule has 0 spiro atoms. The van der Waals surface area contributed by atoms with Crippen molar-refractivity contribution in [2.75, 3.05) is 0 Å². The third-order valence-corrected chi connectivity index (χ3v) is 6.17. The first-order valence-electron chi connectivity index (χ1n) is 8.66. The molecule has 1 saturated heterocycles. The zero-order valence-electron chi connectivity index (χ0n) is 15.1. The zero-order chi connectivity index (χ0) is 17.7. The van der Waals surface area contributed by atoms with Crippen molar-refractivity contribution in [3.05, 3.63) is 35.5 Å². The van der Waals surface area contributed by atoms with Gasteiger partial charge in [-0.25, -0.2) is 9.59 Å². The Morgan fingerprint density at radius 1 is 1.42 bits per heavy atom. The van der Waals surface area contributed by atoms with E-state index in [0.717, 1.165) is 12.8 Å². The van der Waals surface area contributed by atoms with Crippen LogP contribution in [-0.4, -0.2) is 23.6 Å². The van der Waals surface area contributed by atoms with Crippen LogP contribution in [0.2, 0.25) is 0 Å². The molecular weight excluding hydrogens is 304 g/mol. The SMILES string of the molecule is CC=C(C)C(=O)OC1(C)C(=O)OC2C3C(C)=CC=CC3(C)CCC21. The highest BCUT2D eigenvalue weighted by Gasteiger charge is 2.63. The summed E-state index contributed by atoms with van der Waals surface area (Å²) in [4.78, 5) is 24.9. The molecule has 3 aliphatic rings. The van der Waals surface area contributed by atoms with Gasteiger partial charge in [-0.2, -0.15) is 0 Å². The summed E-state index contributed by atoms with van der Waals surface area (Å²) in [5, 5.41) is 0. The van der Waals surface area contributed by atoms with Crippen LogP contribution in [0.15, 0.2) is 35.5 Å². The Hall–Kier alpha value is -1.84. The molecule has 0 N–H and O–H groups in total. The van der Waals surface area contributed by atoms with Crippen LogP contribution in [0.5, 0.6) is 0 Å². The molecule has 5 atom stereocenters. The number of carbonyl (C=O) groups is 2. The maximum absolute atomic E-state index is 12.6. The first-order chi connectivity index (χ1) is 11.2. The number of fused-ring (bicyclic) bond motifs is 3. The maximum atomic E-state index is 12.6. The van der Waals surface area contributed by atoms with Crippen molar-refractivity contribution >= 4 is 11.9 Å². The molecule has 1 saturated carbocycles. The van der Waals surface area contributed by atoms with Gasteiger partial charge in [-0.1, -0.05) is 36.8 Å². The van der Waals surface area contributed by atoms with E-state index in [2.05, 4.69) is 32.1 Å². The molecule has 1 aliphatic heterocycles. The average molecular weight is 330 g/mol. The Labute approximate surface area is 143 Å². The summed E-state index contributed by atoms with van der Waals surface area (Å²) in [6.45, 7) is 9.50. The van der Waals surface area contributed by atoms with Crippen LogP contribution in [0.4, 0.5) is 0 Å². The highest BCUT2D eigenvalue weighted by molar-refractivity contribution is 5.92. The molecule has 24 heavy (non-hydrogen) atoms. The second kappa shape index (κ2) is 5.61. The normalized spacial score (nSPS) is 41.2. The summed E-state index contributed by atoms with van der Waals surface area (Å²) >= 11 is 0. The molecule has 0 amide bonds. The van der Waals surface area contributed by atoms with Crippen molar-refractivity contribution in [3.8, 4) is 0 Å². The molecule has 2 fully saturated rings. The minimum Gasteiger partial charge on any atom is -0.458 e. The first-order valence-corrected chi connectivity index (χ1v) is 8.66. The number of ether oxygens (including phenoxy) is 2. The molecule has 5 unspecified atom stereocenters. The van der Waals surface area contributed by atoms with E-state index in [1.807, 2.05) is 0 Å². The molecule has 0 aromatic heterocycles. The fourth-order valence-corrected chi connectivity index (χ4v) is 4.52. The van der Waals surface area contributed by atoms with E-state index in [-0.39, 0.29) is 23.4 Å². The van der Waals surface area contributed by atoms with Crippen molar-refractivity contribution in [2.24, 2.45) is 17.3 Å². The van der Waals surface area contributed by atoms with Gasteiger partial charge in [-0.05, 0) is 46.0 Å². The predicted molar refractivity (Wildman–Crippen MR) is 91.0 cm³/mol. The highest BCUT2D eigenvalue weighted by atomic mass is 16.6. The molecule has 1 heterocycles. The van der Waals surface area contributed by atoms with Crippen molar-refractivity contribution < 1.29 is 19.1 Å². The fraction of sp³-hybridized carbons (Fsp3) is 0.600. The molecule has 4 nitrogen and oxygen atoms in total. The van der Waals surface area contributed by atoms with E-state index in [1.165, 1.54) is 5.57 Å². The van der Waals surface area contributed by atoms with E-state index in [1.54, 1.807) is 26.8 Å². The third kappa shape index (κ3) is 2.35. The maximum Gasteiger partial charge on any atom is 0.351 e. The molecule has 2 aliphatic carbocycles. The molecule has 0 aromatic rings. The van der Waals surface area contributed by atoms with Gasteiger partial charge in [0.25, 0.3) is 0 Å². The van der Waals surface area contributed by atoms with E-state index in [0.29, 0.717) is 5.57 Å². The van der Waals surface area contributed by atoms with Crippen molar-refractivity contribution in [2.45, 2.75) is 59.2 Å². The average Bonchev–Trinajstić information content (AvgIpc) is 2.76. The van der Waals surface area contributed by atoms with Gasteiger partial charge in [0.1, 0.15) is 6.10 Å². The summed E-state index contributed by atoms with van der Waals surface area (Å²) in [5.41, 5.74) is 0.524. The Bertz CT molecular complexity index is 671. The van der Waals surface area contributed by atoms with Gasteiger partial charge in [-0.3, -0.25) is 0 Å². The number of hydrogen-bond acceptors (Lipinski definition) is 4. The second-order valence-corrected chi connectivity index (χ2v) is 7.74. The first kappa shape index (κ1) is 17.0. The van der Waals surface area contributed by atoms with Crippen LogP contribution in [0, 0.1) is 17.3 Å². The second-order valence-electron chi connectivity index (χ2n) is 7.74. The molecule has 0 bridgehead atoms. The zero-order valence-corrected chi connectivity index (χ0v) is 15.1. The van der Waals surface area contributed by atoms with Gasteiger partial charge in [-0.15, -0.1) is 0 Å². The highest BCUT2D eigenvalue weighted by Crippen LogP contribution is 2.56. The van der Waals surface area contributed by atoms with Crippen LogP contribution in [0.25, 0.3) is 0 Å². The van der Waals surface area contributed by atoms with Crippen molar-refractivity contribution in [1.29, 1.82) is 0 Å². The standard InChI is InChI=1S/C20H26O4/c1-6-12(2)17(21)24-20(5)14-9-11-19(4)10-7-8-13(3)15(19)16(14)23-18(20)22/h6-8,10,14-16H,9,11H2,1-5H3. The quantitative estimate of drug-likeness (QED) is 0.572. The van der Waals surface area contributed by atoms with Crippen LogP contribution < -0.4 is 0 Å². The number of rotatable bonds is 2. The van der Waals surface area contributed by atoms with Crippen LogP contribution >= 0.6 is 0 Å². The van der Waals surface area contributed by atoms with E-state index in [4.69, 9.17) is 9.47 Å². The van der Waals surface area contributed by atoms with Gasteiger partial charge in [0, 0.05) is 17.4 Å². The molecule has 0 aromatic carbocycles. The lowest BCUT2D eigenvalue weighted by Crippen LogP contribution is -2.50. The molecular formula is C20H26O4. The van der Waals surface area contributed by atoms with Gasteiger partial charge in [0.2, 0.25) is 5.60 Å². The Balaban J connectivity index is 1.92.